The molecule has 1 aliphatic rings. The Balaban J connectivity index is 2.39. The van der Waals surface area contributed by atoms with Crippen LogP contribution >= 0.6 is 0 Å². The van der Waals surface area contributed by atoms with E-state index in [9.17, 15) is 9.18 Å². The van der Waals surface area contributed by atoms with Crippen LogP contribution in [0.25, 0.3) is 5.57 Å². The van der Waals surface area contributed by atoms with Gasteiger partial charge >= 0.3 is 0 Å². The molecule has 0 unspecified atom stereocenters. The first kappa shape index (κ1) is 8.74. The van der Waals surface area contributed by atoms with Crippen molar-refractivity contribution in [3.05, 3.63) is 36.1 Å². The predicted octanol–water partition coefficient (Wildman–Crippen LogP) is 1.92. The standard InChI is InChI=1S/C10H8FNO2/c11-6-14-5-8-7-3-1-2-4-9(7)12-10(8)13/h1-5H,6H2,(H,12,13)/b8-5+. The van der Waals surface area contributed by atoms with Gasteiger partial charge in [-0.3, -0.25) is 4.79 Å². The minimum absolute atomic E-state index is 0.264. The maximum atomic E-state index is 11.8. The highest BCUT2D eigenvalue weighted by Crippen LogP contribution is 2.30. The molecule has 2 rings (SSSR count). The van der Waals surface area contributed by atoms with Crippen LogP contribution in [-0.4, -0.2) is 12.8 Å². The number of rotatable bonds is 2. The van der Waals surface area contributed by atoms with Gasteiger partial charge in [0.2, 0.25) is 6.86 Å². The van der Waals surface area contributed by atoms with E-state index >= 15 is 0 Å². The summed E-state index contributed by atoms with van der Waals surface area (Å²) in [7, 11) is 0. The zero-order valence-electron chi connectivity index (χ0n) is 7.29. The van der Waals surface area contributed by atoms with Crippen LogP contribution < -0.4 is 5.32 Å². The van der Waals surface area contributed by atoms with Crippen molar-refractivity contribution in [3.63, 3.8) is 0 Å². The summed E-state index contributed by atoms with van der Waals surface area (Å²) in [5, 5.41) is 2.65. The normalized spacial score (nSPS) is 16.6. The molecule has 1 aromatic carbocycles. The molecule has 14 heavy (non-hydrogen) atoms. The van der Waals surface area contributed by atoms with Gasteiger partial charge in [-0.15, -0.1) is 0 Å². The maximum Gasteiger partial charge on any atom is 0.259 e. The summed E-state index contributed by atoms with van der Waals surface area (Å²) in [6, 6.07) is 7.19. The molecule has 0 fully saturated rings. The minimum atomic E-state index is -0.932. The fourth-order valence-electron chi connectivity index (χ4n) is 1.37. The van der Waals surface area contributed by atoms with Crippen LogP contribution in [0.3, 0.4) is 0 Å². The van der Waals surface area contributed by atoms with Gasteiger partial charge in [-0.05, 0) is 6.07 Å². The lowest BCUT2D eigenvalue weighted by molar-refractivity contribution is -0.110. The van der Waals surface area contributed by atoms with Crippen molar-refractivity contribution in [1.29, 1.82) is 0 Å². The van der Waals surface area contributed by atoms with Crippen LogP contribution in [0.2, 0.25) is 0 Å². The Bertz CT molecular complexity index is 401. The van der Waals surface area contributed by atoms with Crippen LogP contribution in [-0.2, 0) is 9.53 Å². The molecule has 0 saturated heterocycles. The van der Waals surface area contributed by atoms with Gasteiger partial charge in [0.05, 0.1) is 11.8 Å². The number of hydrogen-bond acceptors (Lipinski definition) is 2. The number of amides is 1. The van der Waals surface area contributed by atoms with E-state index in [-0.39, 0.29) is 5.91 Å². The molecule has 0 bridgehead atoms. The van der Waals surface area contributed by atoms with Gasteiger partial charge in [-0.1, -0.05) is 18.2 Å². The Morgan fingerprint density at radius 3 is 3.00 bits per heavy atom. The van der Waals surface area contributed by atoms with E-state index in [4.69, 9.17) is 0 Å². The molecular weight excluding hydrogens is 185 g/mol. The van der Waals surface area contributed by atoms with Gasteiger partial charge in [0.1, 0.15) is 0 Å². The monoisotopic (exact) mass is 193 g/mol. The zero-order valence-corrected chi connectivity index (χ0v) is 7.29. The highest BCUT2D eigenvalue weighted by Gasteiger charge is 2.23. The van der Waals surface area contributed by atoms with Crippen molar-refractivity contribution in [3.8, 4) is 0 Å². The van der Waals surface area contributed by atoms with Crippen molar-refractivity contribution in [2.45, 2.75) is 0 Å². The van der Waals surface area contributed by atoms with Crippen molar-refractivity contribution in [2.24, 2.45) is 0 Å². The fraction of sp³-hybridized carbons (Fsp3) is 0.100. The van der Waals surface area contributed by atoms with Crippen molar-refractivity contribution < 1.29 is 13.9 Å². The Hall–Kier alpha value is -1.84. The lowest BCUT2D eigenvalue weighted by Crippen LogP contribution is -2.03. The van der Waals surface area contributed by atoms with E-state index in [0.717, 1.165) is 17.5 Å². The molecule has 0 atom stereocenters. The third-order valence-corrected chi connectivity index (χ3v) is 1.97. The van der Waals surface area contributed by atoms with E-state index in [1.54, 1.807) is 12.1 Å². The Morgan fingerprint density at radius 1 is 1.43 bits per heavy atom. The average molecular weight is 193 g/mol. The van der Waals surface area contributed by atoms with Gasteiger partial charge in [0.25, 0.3) is 5.91 Å². The van der Waals surface area contributed by atoms with Gasteiger partial charge < -0.3 is 10.1 Å². The molecular formula is C10H8FNO2. The van der Waals surface area contributed by atoms with Crippen molar-refractivity contribution in [2.75, 3.05) is 12.2 Å². The lowest BCUT2D eigenvalue weighted by atomic mass is 10.1. The van der Waals surface area contributed by atoms with E-state index in [1.807, 2.05) is 12.1 Å². The molecule has 0 saturated carbocycles. The van der Waals surface area contributed by atoms with E-state index < -0.39 is 6.86 Å². The van der Waals surface area contributed by atoms with Crippen molar-refractivity contribution in [1.82, 2.24) is 0 Å². The second-order valence-corrected chi connectivity index (χ2v) is 2.81. The highest BCUT2D eigenvalue weighted by molar-refractivity contribution is 6.31. The number of hydrogen-bond donors (Lipinski definition) is 1. The molecule has 0 aliphatic carbocycles. The third kappa shape index (κ3) is 1.35. The van der Waals surface area contributed by atoms with Crippen LogP contribution in [0.15, 0.2) is 30.5 Å². The van der Waals surface area contributed by atoms with Gasteiger partial charge in [-0.2, -0.15) is 0 Å². The number of carbonyl (C=O) groups is 1. The summed E-state index contributed by atoms with van der Waals surface area (Å²) >= 11 is 0. The average Bonchev–Trinajstić information content (AvgIpc) is 2.51. The molecule has 0 spiro atoms. The van der Waals surface area contributed by atoms with Crippen LogP contribution in [0.5, 0.6) is 0 Å². The zero-order chi connectivity index (χ0) is 9.97. The number of benzene rings is 1. The predicted molar refractivity (Wildman–Crippen MR) is 50.1 cm³/mol. The van der Waals surface area contributed by atoms with Gasteiger partial charge in [0.15, 0.2) is 0 Å². The first-order valence-electron chi connectivity index (χ1n) is 4.11. The lowest BCUT2D eigenvalue weighted by Gasteiger charge is -1.96. The van der Waals surface area contributed by atoms with Crippen molar-refractivity contribution >= 4 is 17.2 Å². The summed E-state index contributed by atoms with van der Waals surface area (Å²) in [5.41, 5.74) is 1.83. The van der Waals surface area contributed by atoms with Gasteiger partial charge in [-0.25, -0.2) is 4.39 Å². The summed E-state index contributed by atoms with van der Waals surface area (Å²) in [4.78, 5) is 11.4. The van der Waals surface area contributed by atoms with Crippen LogP contribution in [0.4, 0.5) is 10.1 Å². The molecule has 1 aromatic rings. The number of nitrogens with one attached hydrogen (secondary N) is 1. The first-order valence-corrected chi connectivity index (χ1v) is 4.11. The Morgan fingerprint density at radius 2 is 2.21 bits per heavy atom. The molecule has 1 aliphatic heterocycles. The van der Waals surface area contributed by atoms with Gasteiger partial charge in [0, 0.05) is 11.3 Å². The molecule has 1 N–H and O–H groups in total. The number of carbonyl (C=O) groups excluding carboxylic acids is 1. The summed E-state index contributed by atoms with van der Waals surface area (Å²) in [5.74, 6) is -0.264. The second-order valence-electron chi connectivity index (χ2n) is 2.81. The topological polar surface area (TPSA) is 38.3 Å². The Kier molecular flexibility index (Phi) is 2.18. The molecule has 0 aromatic heterocycles. The van der Waals surface area contributed by atoms with Crippen LogP contribution in [0.1, 0.15) is 5.56 Å². The maximum absolute atomic E-state index is 11.8. The van der Waals surface area contributed by atoms with E-state index in [0.29, 0.717) is 5.57 Å². The quantitative estimate of drug-likeness (QED) is 0.575. The first-order chi connectivity index (χ1) is 6.83. The number of para-hydroxylation sites is 1. The summed E-state index contributed by atoms with van der Waals surface area (Å²) in [6.07, 6.45) is 1.14. The Labute approximate surface area is 80.2 Å². The molecule has 0 radical (unpaired) electrons. The molecule has 1 amide bonds. The summed E-state index contributed by atoms with van der Waals surface area (Å²) in [6.45, 7) is -0.932. The molecule has 4 heteroatoms. The fourth-order valence-corrected chi connectivity index (χ4v) is 1.37. The number of fused-ring (bicyclic) bond motifs is 1. The van der Waals surface area contributed by atoms with E-state index in [1.165, 1.54) is 0 Å². The highest BCUT2D eigenvalue weighted by atomic mass is 19.1. The third-order valence-electron chi connectivity index (χ3n) is 1.97. The molecule has 3 nitrogen and oxygen atoms in total. The molecule has 72 valence electrons. The smallest absolute Gasteiger partial charge is 0.259 e. The minimum Gasteiger partial charge on any atom is -0.470 e. The number of halogens is 1. The molecule has 1 heterocycles. The largest absolute Gasteiger partial charge is 0.470 e. The van der Waals surface area contributed by atoms with E-state index in [2.05, 4.69) is 10.1 Å². The summed E-state index contributed by atoms with van der Waals surface area (Å²) < 4.78 is 16.2. The number of alkyl halides is 1. The SMILES string of the molecule is O=C1Nc2ccccc2/C1=C\OCF. The number of ether oxygens (including phenoxy) is 1. The van der Waals surface area contributed by atoms with Crippen LogP contribution in [0, 0.1) is 0 Å². The second kappa shape index (κ2) is 3.49. The number of anilines is 1.